The molecule has 0 spiro atoms. The largest absolute Gasteiger partial charge is 0.497 e. The van der Waals surface area contributed by atoms with Crippen LogP contribution in [0.2, 0.25) is 0 Å². The highest BCUT2D eigenvalue weighted by Gasteiger charge is 2.45. The summed E-state index contributed by atoms with van der Waals surface area (Å²) in [5.41, 5.74) is 7.85. The Morgan fingerprint density at radius 1 is 0.981 bits per heavy atom. The van der Waals surface area contributed by atoms with Gasteiger partial charge in [0, 0.05) is 53.2 Å². The molecule has 2 atom stereocenters. The molecule has 286 valence electrons. The molecule has 1 aliphatic carbocycles. The molecule has 2 aromatic heterocycles. The Balaban J connectivity index is 1.33. The predicted molar refractivity (Wildman–Crippen MR) is 212 cm³/mol. The summed E-state index contributed by atoms with van der Waals surface area (Å²) < 4.78 is 37.9. The third-order valence-corrected chi connectivity index (χ3v) is 14.0. The highest BCUT2D eigenvalue weighted by atomic mass is 32.2. The first kappa shape index (κ1) is 36.6. The number of nitrogens with zero attached hydrogens (tertiary/aromatic N) is 5. The lowest BCUT2D eigenvalue weighted by atomic mass is 9.81. The molecular weight excluding hydrogens is 701 g/mol. The second-order valence-corrected chi connectivity index (χ2v) is 18.3. The van der Waals surface area contributed by atoms with Crippen molar-refractivity contribution in [1.82, 2.24) is 28.9 Å². The van der Waals surface area contributed by atoms with Gasteiger partial charge in [0.05, 0.1) is 42.1 Å². The van der Waals surface area contributed by atoms with Crippen molar-refractivity contribution in [3.63, 3.8) is 0 Å². The summed E-state index contributed by atoms with van der Waals surface area (Å²) in [7, 11) is -2.16. The van der Waals surface area contributed by atoms with Gasteiger partial charge < -0.3 is 14.2 Å². The summed E-state index contributed by atoms with van der Waals surface area (Å²) in [6.07, 6.45) is 10.6. The minimum atomic E-state index is -3.84. The van der Waals surface area contributed by atoms with E-state index in [9.17, 15) is 18.0 Å². The number of likely N-dealkylation sites (N-methyl/N-ethyl adjacent to an activating group) is 1. The number of hydrogen-bond donors (Lipinski definition) is 1. The zero-order valence-electron chi connectivity index (χ0n) is 32.3. The fourth-order valence-corrected chi connectivity index (χ4v) is 10.0. The molecule has 1 N–H and O–H groups in total. The molecule has 1 saturated carbocycles. The van der Waals surface area contributed by atoms with E-state index in [1.165, 1.54) is 12.0 Å². The normalized spacial score (nSPS) is 20.4. The number of carbonyl (C=O) groups excluding carboxylic acids is 2. The van der Waals surface area contributed by atoms with Gasteiger partial charge in [-0.15, -0.1) is 0 Å². The van der Waals surface area contributed by atoms with E-state index in [1.807, 2.05) is 22.9 Å². The van der Waals surface area contributed by atoms with Gasteiger partial charge in [0.2, 0.25) is 10.0 Å². The summed E-state index contributed by atoms with van der Waals surface area (Å²) in [5, 5.41) is 5.16. The van der Waals surface area contributed by atoms with Gasteiger partial charge >= 0.3 is 0 Å². The molecule has 0 unspecified atom stereocenters. The Morgan fingerprint density at radius 3 is 2.43 bits per heavy atom. The summed E-state index contributed by atoms with van der Waals surface area (Å²) >= 11 is 0. The lowest BCUT2D eigenvalue weighted by molar-refractivity contribution is 0.0630. The number of ether oxygens (including phenoxy) is 1. The van der Waals surface area contributed by atoms with Crippen LogP contribution in [0.5, 0.6) is 5.75 Å². The van der Waals surface area contributed by atoms with Gasteiger partial charge in [-0.05, 0) is 113 Å². The molecule has 8 rings (SSSR count). The molecule has 54 heavy (non-hydrogen) atoms. The average Bonchev–Trinajstić information content (AvgIpc) is 3.94. The second-order valence-electron chi connectivity index (χ2n) is 16.1. The van der Waals surface area contributed by atoms with E-state index >= 15 is 0 Å². The molecule has 12 heteroatoms. The van der Waals surface area contributed by atoms with Crippen molar-refractivity contribution in [2.75, 3.05) is 26.7 Å². The van der Waals surface area contributed by atoms with Gasteiger partial charge in [0.15, 0.2) is 0 Å². The number of carbonyl (C=O) groups is 2. The van der Waals surface area contributed by atoms with Gasteiger partial charge in [0.1, 0.15) is 5.75 Å². The number of nitrogens with one attached hydrogen (secondary N) is 1. The molecule has 2 amide bonds. The van der Waals surface area contributed by atoms with E-state index in [4.69, 9.17) is 9.84 Å². The maximum absolute atomic E-state index is 14.6. The molecule has 4 aromatic rings. The fourth-order valence-electron chi connectivity index (χ4n) is 9.40. The Hall–Kier alpha value is -4.42. The molecule has 2 saturated heterocycles. The maximum Gasteiger partial charge on any atom is 0.264 e. The molecule has 11 nitrogen and oxygen atoms in total. The van der Waals surface area contributed by atoms with E-state index in [2.05, 4.69) is 58.1 Å². The van der Waals surface area contributed by atoms with E-state index in [0.717, 1.165) is 96.5 Å². The minimum absolute atomic E-state index is 0.0157. The molecule has 3 aliphatic heterocycles. The summed E-state index contributed by atoms with van der Waals surface area (Å²) in [6, 6.07) is 12.3. The molecule has 2 bridgehead atoms. The smallest absolute Gasteiger partial charge is 0.264 e. The van der Waals surface area contributed by atoms with Crippen LogP contribution in [0.3, 0.4) is 0 Å². The topological polar surface area (TPSA) is 119 Å². The van der Waals surface area contributed by atoms with Crippen molar-refractivity contribution in [3.8, 4) is 17.0 Å². The molecular formula is C42H52N6O5S. The standard InChI is InChI=1S/C42H52N6O5S/c1-7-45-23-32-20-31(45)24-46(32)42(50)36-21-43-48(25(2)3)39(36)30-17-29-18-33(53-6)14-16-34(29)40-38(27-11-9-8-10-12-27)35-15-13-28(19-37(35)47(40)22-30)41(49)44-54(51,52)26(4)5/h13-19,21,25-27,31-32H,7-12,20,22-24H2,1-6H3,(H,44,49)/t31-,32-/m0/s1. The van der Waals surface area contributed by atoms with Gasteiger partial charge in [0.25, 0.3) is 11.8 Å². The number of piperazine rings is 1. The first-order valence-electron chi connectivity index (χ1n) is 19.6. The van der Waals surface area contributed by atoms with Crippen molar-refractivity contribution in [2.24, 2.45) is 0 Å². The summed E-state index contributed by atoms with van der Waals surface area (Å²) in [5.74, 6) is 0.423. The van der Waals surface area contributed by atoms with Gasteiger partial charge in [-0.25, -0.2) is 13.1 Å². The van der Waals surface area contributed by atoms with Crippen LogP contribution in [-0.4, -0.2) is 88.5 Å². The third-order valence-electron chi connectivity index (χ3n) is 12.2. The number of allylic oxidation sites excluding steroid dienone is 1. The highest BCUT2D eigenvalue weighted by Crippen LogP contribution is 2.48. The van der Waals surface area contributed by atoms with Crippen LogP contribution in [0, 0.1) is 0 Å². The number of benzene rings is 2. The van der Waals surface area contributed by atoms with E-state index in [1.54, 1.807) is 33.2 Å². The zero-order valence-corrected chi connectivity index (χ0v) is 33.1. The van der Waals surface area contributed by atoms with Gasteiger partial charge in [-0.1, -0.05) is 32.3 Å². The van der Waals surface area contributed by atoms with E-state index in [0.29, 0.717) is 24.1 Å². The van der Waals surface area contributed by atoms with Crippen molar-refractivity contribution in [3.05, 3.63) is 70.5 Å². The molecule has 5 heterocycles. The summed E-state index contributed by atoms with van der Waals surface area (Å²) in [6.45, 7) is 12.5. The fraction of sp³-hybridized carbons (Fsp3) is 0.500. The lowest BCUT2D eigenvalue weighted by Crippen LogP contribution is -2.48. The van der Waals surface area contributed by atoms with Crippen LogP contribution in [-0.2, 0) is 16.6 Å². The highest BCUT2D eigenvalue weighted by molar-refractivity contribution is 7.90. The first-order valence-corrected chi connectivity index (χ1v) is 21.2. The molecule has 0 radical (unpaired) electrons. The molecule has 3 fully saturated rings. The predicted octanol–water partition coefficient (Wildman–Crippen LogP) is 7.08. The molecule has 2 aromatic carbocycles. The Labute approximate surface area is 318 Å². The Bertz CT molecular complexity index is 2280. The van der Waals surface area contributed by atoms with Crippen LogP contribution in [0.25, 0.3) is 33.8 Å². The van der Waals surface area contributed by atoms with E-state index in [-0.39, 0.29) is 23.6 Å². The summed E-state index contributed by atoms with van der Waals surface area (Å²) in [4.78, 5) is 32.7. The quantitative estimate of drug-likeness (QED) is 0.194. The third kappa shape index (κ3) is 6.15. The number of rotatable bonds is 9. The van der Waals surface area contributed by atoms with Crippen molar-refractivity contribution >= 4 is 44.4 Å². The number of aromatic nitrogens is 3. The minimum Gasteiger partial charge on any atom is -0.497 e. The number of likely N-dealkylation sites (tertiary alicyclic amines) is 2. The van der Waals surface area contributed by atoms with Crippen molar-refractivity contribution in [2.45, 2.75) is 109 Å². The first-order chi connectivity index (χ1) is 25.9. The average molecular weight is 753 g/mol. The maximum atomic E-state index is 14.6. The number of fused-ring (bicyclic) bond motifs is 7. The number of hydrogen-bond acceptors (Lipinski definition) is 7. The van der Waals surface area contributed by atoms with Crippen LogP contribution in [0.4, 0.5) is 0 Å². The van der Waals surface area contributed by atoms with Gasteiger partial charge in [-0.2, -0.15) is 5.10 Å². The van der Waals surface area contributed by atoms with Crippen LogP contribution >= 0.6 is 0 Å². The lowest BCUT2D eigenvalue weighted by Gasteiger charge is -2.33. The van der Waals surface area contributed by atoms with Gasteiger partial charge in [-0.3, -0.25) is 19.2 Å². The second kappa shape index (κ2) is 14.0. The molecule has 4 aliphatic rings. The SMILES string of the molecule is CCN1C[C@@H]2C[C@H]1CN2C(=O)c1cnn(C(C)C)c1C1=Cc2cc(OC)ccc2-c2c(C3CCCCC3)c3ccc(C(=O)NS(=O)(=O)C(C)C)cc3n2C1. The number of amides is 2. The number of methoxy groups -OCH3 is 1. The number of sulfonamides is 1. The Morgan fingerprint density at radius 2 is 1.76 bits per heavy atom. The monoisotopic (exact) mass is 752 g/mol. The van der Waals surface area contributed by atoms with Crippen molar-refractivity contribution < 1.29 is 22.7 Å². The van der Waals surface area contributed by atoms with E-state index < -0.39 is 21.2 Å². The van der Waals surface area contributed by atoms with Crippen LogP contribution < -0.4 is 9.46 Å². The zero-order chi connectivity index (χ0) is 38.1. The van der Waals surface area contributed by atoms with Crippen LogP contribution in [0.1, 0.15) is 123 Å². The van der Waals surface area contributed by atoms with Crippen LogP contribution in [0.15, 0.2) is 42.6 Å². The Kier molecular flexibility index (Phi) is 9.49. The van der Waals surface area contributed by atoms with Crippen molar-refractivity contribution in [1.29, 1.82) is 0 Å².